The third-order valence-electron chi connectivity index (χ3n) is 2.62. The molecule has 0 aromatic carbocycles. The van der Waals surface area contributed by atoms with Crippen LogP contribution in [-0.2, 0) is 4.74 Å². The minimum Gasteiger partial charge on any atom is -0.394 e. The Bertz CT molecular complexity index is 525. The number of aliphatic hydroxyl groups excluding tert-OH is 2. The van der Waals surface area contributed by atoms with E-state index in [0.717, 1.165) is 0 Å². The summed E-state index contributed by atoms with van der Waals surface area (Å²) in [6, 6.07) is 0. The summed E-state index contributed by atoms with van der Waals surface area (Å²) in [5, 5.41) is 18.5. The van der Waals surface area contributed by atoms with Crippen LogP contribution >= 0.6 is 22.6 Å². The smallest absolute Gasteiger partial charge is 0.330 e. The zero-order valence-electron chi connectivity index (χ0n) is 8.67. The summed E-state index contributed by atoms with van der Waals surface area (Å²) in [5.41, 5.74) is -1.05. The molecule has 3 atom stereocenters. The number of hydrogen-bond donors (Lipinski definition) is 3. The van der Waals surface area contributed by atoms with Crippen molar-refractivity contribution in [3.05, 3.63) is 30.6 Å². The van der Waals surface area contributed by atoms with Gasteiger partial charge in [0.1, 0.15) is 12.3 Å². The van der Waals surface area contributed by atoms with E-state index in [2.05, 4.69) is 4.98 Å². The topological polar surface area (TPSA) is 105 Å². The van der Waals surface area contributed by atoms with Gasteiger partial charge < -0.3 is 14.9 Å². The lowest BCUT2D eigenvalue weighted by Crippen LogP contribution is -2.33. The highest BCUT2D eigenvalue weighted by molar-refractivity contribution is 14.1. The third kappa shape index (κ3) is 2.44. The molecule has 0 unspecified atom stereocenters. The van der Waals surface area contributed by atoms with Crippen LogP contribution in [0.15, 0.2) is 15.8 Å². The summed E-state index contributed by atoms with van der Waals surface area (Å²) in [6.07, 6.45) is -0.607. The normalized spacial score (nSPS) is 28.5. The predicted octanol–water partition coefficient (Wildman–Crippen LogP) is -1.22. The van der Waals surface area contributed by atoms with Crippen molar-refractivity contribution in [1.29, 1.82) is 0 Å². The minimum atomic E-state index is -0.818. The highest BCUT2D eigenvalue weighted by atomic mass is 125. The predicted molar refractivity (Wildman–Crippen MR) is 65.7 cm³/mol. The second-order valence-electron chi connectivity index (χ2n) is 3.76. The van der Waals surface area contributed by atoms with Crippen molar-refractivity contribution in [1.82, 2.24) is 9.55 Å². The molecule has 1 aliphatic rings. The first kappa shape index (κ1) is 12.7. The van der Waals surface area contributed by atoms with Gasteiger partial charge in [-0.2, -0.15) is 0 Å². The molecule has 7 nitrogen and oxygen atoms in total. The molecule has 17 heavy (non-hydrogen) atoms. The molecule has 1 fully saturated rings. The SMILES string of the molecule is O=c1[nH]c(=O)n([C@H]2C[C@H](O)[C@@H](CO)O2)cc1[125I]. The lowest BCUT2D eigenvalue weighted by Gasteiger charge is -2.14. The molecular formula is C9H11IN2O5. The van der Waals surface area contributed by atoms with Crippen LogP contribution in [0.5, 0.6) is 0 Å². The van der Waals surface area contributed by atoms with Gasteiger partial charge in [0.2, 0.25) is 0 Å². The van der Waals surface area contributed by atoms with E-state index in [-0.39, 0.29) is 13.0 Å². The molecule has 2 heterocycles. The molecule has 1 aromatic heterocycles. The molecule has 3 N–H and O–H groups in total. The number of aromatic nitrogens is 2. The summed E-state index contributed by atoms with van der Waals surface area (Å²) in [5.74, 6) is 0. The lowest BCUT2D eigenvalue weighted by atomic mass is 10.2. The number of hydrogen-bond acceptors (Lipinski definition) is 5. The molecule has 94 valence electrons. The number of ether oxygens (including phenoxy) is 1. The summed E-state index contributed by atoms with van der Waals surface area (Å²) < 4.78 is 6.89. The van der Waals surface area contributed by atoms with E-state index in [0.29, 0.717) is 3.57 Å². The van der Waals surface area contributed by atoms with Crippen molar-refractivity contribution in [2.75, 3.05) is 6.61 Å². The molecule has 0 amide bonds. The molecule has 0 aliphatic carbocycles. The molecule has 0 bridgehead atoms. The van der Waals surface area contributed by atoms with Gasteiger partial charge in [-0.05, 0) is 22.6 Å². The van der Waals surface area contributed by atoms with Crippen LogP contribution in [0.4, 0.5) is 0 Å². The summed E-state index contributed by atoms with van der Waals surface area (Å²) in [4.78, 5) is 24.9. The monoisotopic (exact) mass is 352 g/mol. The van der Waals surface area contributed by atoms with Gasteiger partial charge in [-0.25, -0.2) is 4.79 Å². The number of halogens is 1. The molecular weight excluding hydrogens is 341 g/mol. The molecule has 1 aromatic rings. The van der Waals surface area contributed by atoms with E-state index in [9.17, 15) is 14.7 Å². The van der Waals surface area contributed by atoms with Crippen LogP contribution in [0.3, 0.4) is 0 Å². The van der Waals surface area contributed by atoms with Gasteiger partial charge in [0, 0.05) is 12.6 Å². The Morgan fingerprint density at radius 2 is 2.29 bits per heavy atom. The van der Waals surface area contributed by atoms with E-state index in [1.54, 1.807) is 22.6 Å². The van der Waals surface area contributed by atoms with Crippen LogP contribution in [0, 0.1) is 3.57 Å². The van der Waals surface area contributed by atoms with Gasteiger partial charge in [-0.15, -0.1) is 0 Å². The second-order valence-corrected chi connectivity index (χ2v) is 4.92. The Labute approximate surface area is 109 Å². The van der Waals surface area contributed by atoms with Gasteiger partial charge >= 0.3 is 5.69 Å². The van der Waals surface area contributed by atoms with E-state index in [1.807, 2.05) is 0 Å². The first-order valence-corrected chi connectivity index (χ1v) is 6.06. The maximum Gasteiger partial charge on any atom is 0.330 e. The second kappa shape index (κ2) is 4.88. The average molecular weight is 352 g/mol. The number of nitrogens with one attached hydrogen (secondary N) is 1. The van der Waals surface area contributed by atoms with Crippen molar-refractivity contribution in [3.8, 4) is 0 Å². The molecule has 0 saturated carbocycles. The van der Waals surface area contributed by atoms with Crippen LogP contribution in [0.1, 0.15) is 12.6 Å². The Morgan fingerprint density at radius 3 is 2.88 bits per heavy atom. The fraction of sp³-hybridized carbons (Fsp3) is 0.556. The van der Waals surface area contributed by atoms with Gasteiger partial charge in [-0.3, -0.25) is 14.3 Å². The number of aromatic amines is 1. The summed E-state index contributed by atoms with van der Waals surface area (Å²) in [6.45, 7) is -0.313. The quantitative estimate of drug-likeness (QED) is 0.579. The van der Waals surface area contributed by atoms with Gasteiger partial charge in [0.05, 0.1) is 16.3 Å². The van der Waals surface area contributed by atoms with E-state index >= 15 is 0 Å². The van der Waals surface area contributed by atoms with Crippen molar-refractivity contribution >= 4 is 22.6 Å². The molecule has 8 heteroatoms. The van der Waals surface area contributed by atoms with E-state index in [4.69, 9.17) is 9.84 Å². The van der Waals surface area contributed by atoms with Gasteiger partial charge in [0.15, 0.2) is 0 Å². The fourth-order valence-corrected chi connectivity index (χ4v) is 2.16. The zero-order chi connectivity index (χ0) is 12.6. The Morgan fingerprint density at radius 1 is 1.59 bits per heavy atom. The maximum absolute atomic E-state index is 11.6. The first-order chi connectivity index (χ1) is 8.02. The van der Waals surface area contributed by atoms with Crippen molar-refractivity contribution in [3.63, 3.8) is 0 Å². The minimum absolute atomic E-state index is 0.202. The summed E-state index contributed by atoms with van der Waals surface area (Å²) >= 11 is 1.80. The molecule has 1 aliphatic heterocycles. The highest BCUT2D eigenvalue weighted by Gasteiger charge is 2.34. The number of H-pyrrole nitrogens is 1. The maximum atomic E-state index is 11.6. The standard InChI is InChI=1S/C9H11IN2O5/c10-4-2-12(9(16)11-8(4)15)7-1-5(14)6(3-13)17-7/h2,5-7,13-14H,1,3H2,(H,11,15,16)/t5-,6+,7+/m0/s1/i10-2. The van der Waals surface area contributed by atoms with Crippen molar-refractivity contribution in [2.45, 2.75) is 24.9 Å². The van der Waals surface area contributed by atoms with Crippen molar-refractivity contribution < 1.29 is 14.9 Å². The van der Waals surface area contributed by atoms with E-state index in [1.165, 1.54) is 10.8 Å². The molecule has 2 rings (SSSR count). The van der Waals surface area contributed by atoms with Crippen LogP contribution < -0.4 is 11.2 Å². The number of rotatable bonds is 2. The Balaban J connectivity index is 2.34. The van der Waals surface area contributed by atoms with Gasteiger partial charge in [-0.1, -0.05) is 0 Å². The third-order valence-corrected chi connectivity index (χ3v) is 3.39. The van der Waals surface area contributed by atoms with Crippen molar-refractivity contribution in [2.24, 2.45) is 0 Å². The Kier molecular flexibility index (Phi) is 3.66. The molecule has 0 spiro atoms. The summed E-state index contributed by atoms with van der Waals surface area (Å²) in [7, 11) is 0. The Hall–Kier alpha value is -0.710. The number of nitrogens with zero attached hydrogens (tertiary/aromatic N) is 1. The first-order valence-electron chi connectivity index (χ1n) is 4.98. The molecule has 1 saturated heterocycles. The highest BCUT2D eigenvalue weighted by Crippen LogP contribution is 2.27. The fourth-order valence-electron chi connectivity index (χ4n) is 1.72. The largest absolute Gasteiger partial charge is 0.394 e. The van der Waals surface area contributed by atoms with Crippen LogP contribution in [0.2, 0.25) is 0 Å². The lowest BCUT2D eigenvalue weighted by molar-refractivity contribution is -0.0459. The average Bonchev–Trinajstić information content (AvgIpc) is 2.65. The zero-order valence-corrected chi connectivity index (χ0v) is 10.8. The van der Waals surface area contributed by atoms with Gasteiger partial charge in [0.25, 0.3) is 5.56 Å². The molecule has 0 radical (unpaired) electrons. The van der Waals surface area contributed by atoms with Crippen LogP contribution in [-0.4, -0.2) is 38.6 Å². The number of aliphatic hydroxyl groups is 2. The van der Waals surface area contributed by atoms with E-state index < -0.39 is 29.7 Å². The van der Waals surface area contributed by atoms with Crippen LogP contribution in [0.25, 0.3) is 0 Å².